The number of aliphatic imine (C=N–C) groups is 1. The predicted octanol–water partition coefficient (Wildman–Crippen LogP) is 4.89. The zero-order valence-corrected chi connectivity index (χ0v) is 20.0. The van der Waals surface area contributed by atoms with Crippen LogP contribution in [0.2, 0.25) is 0 Å². The summed E-state index contributed by atoms with van der Waals surface area (Å²) >= 11 is 3.59. The van der Waals surface area contributed by atoms with Gasteiger partial charge in [0.2, 0.25) is 0 Å². The lowest BCUT2D eigenvalue weighted by Crippen LogP contribution is -2.19. The molecule has 4 aromatic rings. The number of aromatic nitrogens is 4. The normalized spacial score (nSPS) is 16.6. The molecule has 0 aliphatic carbocycles. The summed E-state index contributed by atoms with van der Waals surface area (Å²) in [5.41, 5.74) is 2.98. The highest BCUT2D eigenvalue weighted by Crippen LogP contribution is 2.36. The van der Waals surface area contributed by atoms with Crippen LogP contribution in [-0.2, 0) is 4.74 Å². The van der Waals surface area contributed by atoms with Gasteiger partial charge in [0.15, 0.2) is 17.7 Å². The minimum absolute atomic E-state index is 0.149. The molecule has 0 bridgehead atoms. The van der Waals surface area contributed by atoms with Crippen LogP contribution in [0.5, 0.6) is 0 Å². The van der Waals surface area contributed by atoms with E-state index in [0.29, 0.717) is 34.5 Å². The largest absolute Gasteiger partial charge is 0.369 e. The van der Waals surface area contributed by atoms with Crippen molar-refractivity contribution in [3.05, 3.63) is 58.5 Å². The number of nitrogens with zero attached hydrogens (tertiary/aromatic N) is 6. The average Bonchev–Trinajstić information content (AvgIpc) is 3.28. The SMILES string of the molecule is CN(C)/C=N/c1c(C(=O)c2ccnc3c2cnn3C2CCCCO2)cc(Br)c2ncccc12. The maximum absolute atomic E-state index is 13.9. The Bertz CT molecular complexity index is 1370. The first-order chi connectivity index (χ1) is 16.0. The van der Waals surface area contributed by atoms with Crippen LogP contribution in [-0.4, -0.2) is 57.5 Å². The fraction of sp³-hybridized carbons (Fsp3) is 0.292. The van der Waals surface area contributed by atoms with Crippen molar-refractivity contribution in [2.45, 2.75) is 25.5 Å². The molecule has 1 unspecified atom stereocenters. The number of hydrogen-bond acceptors (Lipinski definition) is 6. The van der Waals surface area contributed by atoms with Crippen LogP contribution in [0.3, 0.4) is 0 Å². The lowest BCUT2D eigenvalue weighted by molar-refractivity contribution is -0.0370. The second kappa shape index (κ2) is 8.99. The molecule has 1 fully saturated rings. The van der Waals surface area contributed by atoms with Gasteiger partial charge in [-0.1, -0.05) is 0 Å². The van der Waals surface area contributed by atoms with Gasteiger partial charge < -0.3 is 9.64 Å². The molecule has 0 spiro atoms. The zero-order chi connectivity index (χ0) is 22.9. The first-order valence-electron chi connectivity index (χ1n) is 10.8. The van der Waals surface area contributed by atoms with E-state index in [0.717, 1.165) is 34.6 Å². The van der Waals surface area contributed by atoms with Gasteiger partial charge in [-0.25, -0.2) is 14.7 Å². The van der Waals surface area contributed by atoms with Gasteiger partial charge in [-0.05, 0) is 59.5 Å². The fourth-order valence-electron chi connectivity index (χ4n) is 4.10. The summed E-state index contributed by atoms with van der Waals surface area (Å²) in [5.74, 6) is -0.149. The second-order valence-corrected chi connectivity index (χ2v) is 9.05. The van der Waals surface area contributed by atoms with Crippen LogP contribution in [0.15, 0.2) is 52.3 Å². The Morgan fingerprint density at radius 2 is 2.09 bits per heavy atom. The van der Waals surface area contributed by atoms with Crippen molar-refractivity contribution in [1.82, 2.24) is 24.6 Å². The third kappa shape index (κ3) is 4.02. The van der Waals surface area contributed by atoms with Crippen molar-refractivity contribution in [2.75, 3.05) is 20.7 Å². The number of ketones is 1. The standard InChI is InChI=1S/C24H23BrN6O2/c1-30(2)14-28-21-16-6-5-9-26-22(16)19(25)12-17(21)23(32)15-8-10-27-24-18(15)13-29-31(24)20-7-3-4-11-33-20/h5-6,8-10,12-14,20H,3-4,7,11H2,1-2H3/b28-14+. The lowest BCUT2D eigenvalue weighted by Gasteiger charge is -2.23. The number of benzene rings is 1. The van der Waals surface area contributed by atoms with Crippen LogP contribution in [0, 0.1) is 0 Å². The van der Waals surface area contributed by atoms with Gasteiger partial charge in [0.1, 0.15) is 0 Å². The number of fused-ring (bicyclic) bond motifs is 2. The van der Waals surface area contributed by atoms with Crippen LogP contribution < -0.4 is 0 Å². The molecule has 3 aromatic heterocycles. The highest BCUT2D eigenvalue weighted by molar-refractivity contribution is 9.10. The molecule has 1 aliphatic rings. The molecule has 8 nitrogen and oxygen atoms in total. The number of carbonyl (C=O) groups excluding carboxylic acids is 1. The van der Waals surface area contributed by atoms with Crippen molar-refractivity contribution in [3.8, 4) is 0 Å². The van der Waals surface area contributed by atoms with E-state index in [1.165, 1.54) is 0 Å². The van der Waals surface area contributed by atoms with Crippen molar-refractivity contribution < 1.29 is 9.53 Å². The Hall–Kier alpha value is -3.17. The van der Waals surface area contributed by atoms with E-state index in [1.54, 1.807) is 41.7 Å². The molecule has 33 heavy (non-hydrogen) atoms. The van der Waals surface area contributed by atoms with E-state index in [2.05, 4.69) is 36.0 Å². The summed E-state index contributed by atoms with van der Waals surface area (Å²) in [5, 5.41) is 6.02. The van der Waals surface area contributed by atoms with Crippen LogP contribution in [0.25, 0.3) is 21.9 Å². The van der Waals surface area contributed by atoms with Crippen LogP contribution in [0.4, 0.5) is 5.69 Å². The zero-order valence-electron chi connectivity index (χ0n) is 18.4. The molecule has 0 amide bonds. The molecule has 1 aliphatic heterocycles. The van der Waals surface area contributed by atoms with E-state index in [4.69, 9.17) is 4.74 Å². The molecule has 0 radical (unpaired) electrons. The summed E-state index contributed by atoms with van der Waals surface area (Å²) in [6.07, 6.45) is 9.62. The number of carbonyl (C=O) groups is 1. The summed E-state index contributed by atoms with van der Waals surface area (Å²) in [6, 6.07) is 7.30. The van der Waals surface area contributed by atoms with Crippen molar-refractivity contribution in [2.24, 2.45) is 4.99 Å². The summed E-state index contributed by atoms with van der Waals surface area (Å²) < 4.78 is 8.42. The van der Waals surface area contributed by atoms with Gasteiger partial charge >= 0.3 is 0 Å². The number of hydrogen-bond donors (Lipinski definition) is 0. The molecule has 9 heteroatoms. The fourth-order valence-corrected chi connectivity index (χ4v) is 4.64. The molecule has 1 atom stereocenters. The van der Waals surface area contributed by atoms with Crippen molar-refractivity contribution >= 4 is 55.7 Å². The van der Waals surface area contributed by atoms with E-state index < -0.39 is 0 Å². The number of pyridine rings is 2. The lowest BCUT2D eigenvalue weighted by atomic mass is 9.98. The molecular formula is C24H23BrN6O2. The Labute approximate surface area is 199 Å². The maximum atomic E-state index is 13.9. The molecule has 0 saturated carbocycles. The Morgan fingerprint density at radius 3 is 2.88 bits per heavy atom. The van der Waals surface area contributed by atoms with Gasteiger partial charge in [-0.15, -0.1) is 0 Å². The maximum Gasteiger partial charge on any atom is 0.196 e. The van der Waals surface area contributed by atoms with Gasteiger partial charge in [-0.3, -0.25) is 9.78 Å². The summed E-state index contributed by atoms with van der Waals surface area (Å²) in [7, 11) is 3.77. The minimum atomic E-state index is -0.157. The topological polar surface area (TPSA) is 85.5 Å². The van der Waals surface area contributed by atoms with Crippen molar-refractivity contribution in [1.29, 1.82) is 0 Å². The third-order valence-electron chi connectivity index (χ3n) is 5.65. The quantitative estimate of drug-likeness (QED) is 0.217. The van der Waals surface area contributed by atoms with Gasteiger partial charge in [0.05, 0.1) is 34.7 Å². The number of rotatable bonds is 5. The predicted molar refractivity (Wildman–Crippen MR) is 131 cm³/mol. The van der Waals surface area contributed by atoms with Gasteiger partial charge in [-0.2, -0.15) is 5.10 Å². The Kier molecular flexibility index (Phi) is 5.90. The molecule has 0 N–H and O–H groups in total. The highest BCUT2D eigenvalue weighted by Gasteiger charge is 2.24. The third-order valence-corrected chi connectivity index (χ3v) is 6.25. The molecule has 4 heterocycles. The number of halogens is 1. The highest BCUT2D eigenvalue weighted by atomic mass is 79.9. The van der Waals surface area contributed by atoms with Gasteiger partial charge in [0.25, 0.3) is 0 Å². The van der Waals surface area contributed by atoms with E-state index in [-0.39, 0.29) is 12.0 Å². The van der Waals surface area contributed by atoms with Crippen molar-refractivity contribution in [3.63, 3.8) is 0 Å². The summed E-state index contributed by atoms with van der Waals surface area (Å²) in [6.45, 7) is 0.705. The van der Waals surface area contributed by atoms with E-state index >= 15 is 0 Å². The molecular weight excluding hydrogens is 484 g/mol. The van der Waals surface area contributed by atoms with E-state index in [9.17, 15) is 4.79 Å². The molecule has 5 rings (SSSR count). The Balaban J connectivity index is 1.66. The first kappa shape index (κ1) is 21.7. The minimum Gasteiger partial charge on any atom is -0.369 e. The first-order valence-corrected chi connectivity index (χ1v) is 11.6. The summed E-state index contributed by atoms with van der Waals surface area (Å²) in [4.78, 5) is 29.3. The monoisotopic (exact) mass is 506 g/mol. The van der Waals surface area contributed by atoms with E-state index in [1.807, 2.05) is 31.1 Å². The number of ether oxygens (including phenoxy) is 1. The smallest absolute Gasteiger partial charge is 0.196 e. The van der Waals surface area contributed by atoms with Gasteiger partial charge in [0, 0.05) is 48.5 Å². The van der Waals surface area contributed by atoms with Crippen LogP contribution in [0.1, 0.15) is 41.4 Å². The van der Waals surface area contributed by atoms with Crippen LogP contribution >= 0.6 is 15.9 Å². The molecule has 1 saturated heterocycles. The molecule has 1 aromatic carbocycles. The second-order valence-electron chi connectivity index (χ2n) is 8.20. The molecule has 168 valence electrons. The Morgan fingerprint density at radius 1 is 1.21 bits per heavy atom. The average molecular weight is 507 g/mol.